The van der Waals surface area contributed by atoms with Gasteiger partial charge >= 0.3 is 5.97 Å². The Bertz CT molecular complexity index is 1160. The summed E-state index contributed by atoms with van der Waals surface area (Å²) in [6, 6.07) is 11.9. The topological polar surface area (TPSA) is 102 Å². The van der Waals surface area contributed by atoms with E-state index in [1.807, 2.05) is 0 Å². The number of amides is 1. The first kappa shape index (κ1) is 23.6. The number of rotatable bonds is 9. The number of aromatic hydroxyl groups is 1. The minimum absolute atomic E-state index is 0.0942. The van der Waals surface area contributed by atoms with Crippen molar-refractivity contribution >= 4 is 51.7 Å². The Hall–Kier alpha value is -3.10. The van der Waals surface area contributed by atoms with Crippen LogP contribution >= 0.6 is 23.2 Å². The summed E-state index contributed by atoms with van der Waals surface area (Å²) in [5.74, 6) is -0.762. The highest BCUT2D eigenvalue weighted by Crippen LogP contribution is 2.38. The molecule has 0 aliphatic carbocycles. The molecule has 0 atom stereocenters. The highest BCUT2D eigenvalue weighted by molar-refractivity contribution is 6.35. The third kappa shape index (κ3) is 5.77. The summed E-state index contributed by atoms with van der Waals surface area (Å²) >= 11 is 11.9. The molecule has 0 aliphatic rings. The number of azo groups is 1. The Labute approximate surface area is 194 Å². The van der Waals surface area contributed by atoms with Crippen LogP contribution in [0.5, 0.6) is 11.6 Å². The molecule has 3 aromatic rings. The number of hydrogen-bond acceptors (Lipinski definition) is 6. The monoisotopic (exact) mass is 477 g/mol. The molecule has 0 radical (unpaired) electrons. The maximum atomic E-state index is 12.1. The lowest BCUT2D eigenvalue weighted by Gasteiger charge is -2.07. The van der Waals surface area contributed by atoms with E-state index in [-0.39, 0.29) is 37.7 Å². The lowest BCUT2D eigenvalue weighted by Crippen LogP contribution is -2.12. The molecule has 10 heteroatoms. The molecule has 3 rings (SSSR count). The van der Waals surface area contributed by atoms with Crippen LogP contribution in [0.1, 0.15) is 19.8 Å². The van der Waals surface area contributed by atoms with Crippen LogP contribution in [0.25, 0.3) is 10.9 Å². The molecule has 1 amide bonds. The maximum Gasteiger partial charge on any atom is 0.326 e. The number of aromatic nitrogens is 1. The predicted octanol–water partition coefficient (Wildman–Crippen LogP) is 5.69. The Morgan fingerprint density at radius 3 is 2.69 bits per heavy atom. The first-order chi connectivity index (χ1) is 15.4. The van der Waals surface area contributed by atoms with Gasteiger partial charge in [-0.1, -0.05) is 41.4 Å². The van der Waals surface area contributed by atoms with Crippen LogP contribution in [0.2, 0.25) is 10.0 Å². The number of hydrogen-bond donors (Lipinski definition) is 1. The number of benzene rings is 2. The van der Waals surface area contributed by atoms with Gasteiger partial charge in [-0.15, -0.1) is 10.2 Å². The van der Waals surface area contributed by atoms with E-state index < -0.39 is 11.9 Å². The van der Waals surface area contributed by atoms with Crippen LogP contribution in [0.3, 0.4) is 0 Å². The van der Waals surface area contributed by atoms with E-state index in [1.54, 1.807) is 49.4 Å². The van der Waals surface area contributed by atoms with Gasteiger partial charge in [0.15, 0.2) is 5.69 Å². The van der Waals surface area contributed by atoms with Gasteiger partial charge in [0, 0.05) is 16.8 Å². The summed E-state index contributed by atoms with van der Waals surface area (Å²) in [4.78, 5) is 24.0. The van der Waals surface area contributed by atoms with Crippen LogP contribution < -0.4 is 4.74 Å². The van der Waals surface area contributed by atoms with Crippen LogP contribution in [0.4, 0.5) is 5.69 Å². The molecule has 0 saturated carbocycles. The molecule has 0 spiro atoms. The zero-order valence-electron chi connectivity index (χ0n) is 17.3. The van der Waals surface area contributed by atoms with Gasteiger partial charge < -0.3 is 14.6 Å². The molecule has 32 heavy (non-hydrogen) atoms. The quantitative estimate of drug-likeness (QED) is 0.242. The summed E-state index contributed by atoms with van der Waals surface area (Å²) in [5, 5.41) is 19.7. The Kier molecular flexibility index (Phi) is 8.08. The average molecular weight is 478 g/mol. The molecule has 0 fully saturated rings. The first-order valence-corrected chi connectivity index (χ1v) is 10.6. The molecule has 1 heterocycles. The smallest absolute Gasteiger partial charge is 0.326 e. The second-order valence-corrected chi connectivity index (χ2v) is 7.54. The van der Waals surface area contributed by atoms with E-state index in [1.165, 1.54) is 4.57 Å². The molecule has 0 unspecified atom stereocenters. The van der Waals surface area contributed by atoms with Gasteiger partial charge in [0.1, 0.15) is 12.3 Å². The van der Waals surface area contributed by atoms with E-state index in [0.717, 1.165) is 0 Å². The van der Waals surface area contributed by atoms with Crippen molar-refractivity contribution in [1.29, 1.82) is 0 Å². The van der Waals surface area contributed by atoms with Crippen molar-refractivity contribution < 1.29 is 24.2 Å². The Balaban J connectivity index is 1.64. The van der Waals surface area contributed by atoms with Crippen molar-refractivity contribution in [2.75, 3.05) is 13.2 Å². The number of carbonyl (C=O) groups excluding carboxylic acids is 2. The van der Waals surface area contributed by atoms with Gasteiger partial charge in [0.05, 0.1) is 23.8 Å². The largest absolute Gasteiger partial charge is 0.493 e. The van der Waals surface area contributed by atoms with Gasteiger partial charge in [0.25, 0.3) is 5.91 Å². The molecule has 0 saturated heterocycles. The first-order valence-electron chi connectivity index (χ1n) is 9.89. The van der Waals surface area contributed by atoms with Crippen molar-refractivity contribution in [1.82, 2.24) is 4.57 Å². The van der Waals surface area contributed by atoms with Gasteiger partial charge in [-0.2, -0.15) is 0 Å². The number of para-hydroxylation sites is 1. The highest BCUT2D eigenvalue weighted by Gasteiger charge is 2.19. The zero-order valence-corrected chi connectivity index (χ0v) is 18.8. The molecule has 0 aliphatic heterocycles. The van der Waals surface area contributed by atoms with Crippen molar-refractivity contribution in [3.8, 4) is 11.6 Å². The predicted molar refractivity (Wildman–Crippen MR) is 121 cm³/mol. The summed E-state index contributed by atoms with van der Waals surface area (Å²) < 4.78 is 11.9. The molecular weight excluding hydrogens is 457 g/mol. The van der Waals surface area contributed by atoms with Gasteiger partial charge in [-0.3, -0.25) is 14.2 Å². The summed E-state index contributed by atoms with van der Waals surface area (Å²) in [5.41, 5.74) is 0.690. The van der Waals surface area contributed by atoms with Gasteiger partial charge in [-0.25, -0.2) is 0 Å². The van der Waals surface area contributed by atoms with E-state index in [4.69, 9.17) is 32.7 Å². The highest BCUT2D eigenvalue weighted by atomic mass is 35.5. The number of fused-ring (bicyclic) bond motifs is 1. The van der Waals surface area contributed by atoms with Gasteiger partial charge in [-0.05, 0) is 37.6 Å². The zero-order chi connectivity index (χ0) is 23.1. The fourth-order valence-corrected chi connectivity index (χ4v) is 3.48. The van der Waals surface area contributed by atoms with Crippen molar-refractivity contribution in [2.24, 2.45) is 10.2 Å². The minimum Gasteiger partial charge on any atom is -0.493 e. The number of carbonyl (C=O) groups is 2. The standard InChI is InChI=1S/C22H21Cl2N3O5/c1-2-31-20(29)13-27-17-7-4-3-6-15(17)21(22(27)30)26-25-19(28)8-5-11-32-18-10-9-14(23)12-16(18)24/h3-4,6-7,9-10,12,30H,2,5,8,11,13H2,1H3. The fraction of sp³-hybridized carbons (Fsp3) is 0.273. The lowest BCUT2D eigenvalue weighted by atomic mass is 10.2. The normalized spacial score (nSPS) is 11.2. The summed E-state index contributed by atoms with van der Waals surface area (Å²) in [7, 11) is 0. The van der Waals surface area contributed by atoms with E-state index >= 15 is 0 Å². The molecule has 168 valence electrons. The van der Waals surface area contributed by atoms with E-state index in [2.05, 4.69) is 10.2 Å². The van der Waals surface area contributed by atoms with Crippen LogP contribution in [0.15, 0.2) is 52.7 Å². The lowest BCUT2D eigenvalue weighted by molar-refractivity contribution is -0.143. The average Bonchev–Trinajstić information content (AvgIpc) is 3.02. The number of ether oxygens (including phenoxy) is 2. The van der Waals surface area contributed by atoms with E-state index in [9.17, 15) is 14.7 Å². The van der Waals surface area contributed by atoms with Crippen LogP contribution in [-0.4, -0.2) is 34.8 Å². The van der Waals surface area contributed by atoms with Crippen molar-refractivity contribution in [2.45, 2.75) is 26.3 Å². The molecule has 1 aromatic heterocycles. The van der Waals surface area contributed by atoms with Gasteiger partial charge in [0.2, 0.25) is 5.88 Å². The summed E-state index contributed by atoms with van der Waals surface area (Å²) in [6.07, 6.45) is 0.490. The molecular formula is C22H21Cl2N3O5. The second-order valence-electron chi connectivity index (χ2n) is 6.70. The number of esters is 1. The molecule has 0 bridgehead atoms. The molecule has 2 aromatic carbocycles. The Morgan fingerprint density at radius 1 is 1.16 bits per heavy atom. The third-order valence-electron chi connectivity index (χ3n) is 4.46. The second kappa shape index (κ2) is 11.0. The maximum absolute atomic E-state index is 12.1. The third-order valence-corrected chi connectivity index (χ3v) is 4.99. The van der Waals surface area contributed by atoms with Crippen molar-refractivity contribution in [3.63, 3.8) is 0 Å². The number of nitrogens with zero attached hydrogens (tertiary/aromatic N) is 3. The molecule has 1 N–H and O–H groups in total. The van der Waals surface area contributed by atoms with Crippen LogP contribution in [0, 0.1) is 0 Å². The summed E-state index contributed by atoms with van der Waals surface area (Å²) in [6.45, 7) is 2.00. The SMILES string of the molecule is CCOC(=O)Cn1c(O)c(N=NC(=O)CCCOc2ccc(Cl)cc2Cl)c2ccccc21. The molecule has 8 nitrogen and oxygen atoms in total. The Morgan fingerprint density at radius 2 is 1.94 bits per heavy atom. The number of halogens is 2. The van der Waals surface area contributed by atoms with E-state index in [0.29, 0.717) is 33.1 Å². The van der Waals surface area contributed by atoms with Crippen LogP contribution in [-0.2, 0) is 20.9 Å². The van der Waals surface area contributed by atoms with Crippen molar-refractivity contribution in [3.05, 3.63) is 52.5 Å². The minimum atomic E-state index is -0.496. The fourth-order valence-electron chi connectivity index (χ4n) is 3.02.